The number of hydrogen-bond acceptors (Lipinski definition) is 3. The number of aromatic amines is 1. The predicted molar refractivity (Wildman–Crippen MR) is 78.6 cm³/mol. The lowest BCUT2D eigenvalue weighted by Gasteiger charge is -2.12. The van der Waals surface area contributed by atoms with Crippen LogP contribution in [0.1, 0.15) is 58.8 Å². The number of aryl methyl sites for hydroxylation is 1. The zero-order valence-corrected chi connectivity index (χ0v) is 12.9. The maximum Gasteiger partial charge on any atom is 0.308 e. The van der Waals surface area contributed by atoms with Gasteiger partial charge in [0.25, 0.3) is 5.91 Å². The lowest BCUT2D eigenvalue weighted by molar-refractivity contribution is -0.141. The van der Waals surface area contributed by atoms with E-state index in [-0.39, 0.29) is 18.2 Å². The summed E-state index contributed by atoms with van der Waals surface area (Å²) >= 11 is 0. The molecular weight excluding hydrogens is 272 g/mol. The van der Waals surface area contributed by atoms with Crippen molar-refractivity contribution in [1.82, 2.24) is 10.3 Å². The highest BCUT2D eigenvalue weighted by molar-refractivity contribution is 6.02. The van der Waals surface area contributed by atoms with Crippen molar-refractivity contribution in [2.45, 2.75) is 40.5 Å². The van der Waals surface area contributed by atoms with E-state index in [1.54, 1.807) is 13.8 Å². The van der Waals surface area contributed by atoms with Gasteiger partial charge >= 0.3 is 5.97 Å². The number of aromatic nitrogens is 1. The summed E-state index contributed by atoms with van der Waals surface area (Å²) in [6.45, 7) is 6.87. The van der Waals surface area contributed by atoms with Gasteiger partial charge in [0.1, 0.15) is 5.69 Å². The molecule has 0 aromatic carbocycles. The van der Waals surface area contributed by atoms with Gasteiger partial charge in [0.05, 0.1) is 5.92 Å². The Bertz CT molecular complexity index is 560. The maximum atomic E-state index is 12.1. The number of carbonyl (C=O) groups excluding carboxylic acids is 2. The number of ketones is 1. The molecule has 1 atom stereocenters. The minimum absolute atomic E-state index is 0.0783. The average molecular weight is 294 g/mol. The molecule has 1 unspecified atom stereocenters. The van der Waals surface area contributed by atoms with Crippen LogP contribution < -0.4 is 5.32 Å². The SMILES string of the molecule is CCCC(CNC(=O)c1[nH]c(C)c(C(C)=O)c1C)C(=O)O. The summed E-state index contributed by atoms with van der Waals surface area (Å²) in [5.41, 5.74) is 2.08. The number of carbonyl (C=O) groups is 3. The summed E-state index contributed by atoms with van der Waals surface area (Å²) in [5.74, 6) is -2.00. The minimum atomic E-state index is -0.916. The second-order valence-corrected chi connectivity index (χ2v) is 5.22. The zero-order chi connectivity index (χ0) is 16.2. The minimum Gasteiger partial charge on any atom is -0.481 e. The van der Waals surface area contributed by atoms with E-state index >= 15 is 0 Å². The Morgan fingerprint density at radius 3 is 2.33 bits per heavy atom. The van der Waals surface area contributed by atoms with Crippen LogP contribution in [0.3, 0.4) is 0 Å². The number of amides is 1. The first-order valence-electron chi connectivity index (χ1n) is 7.00. The van der Waals surface area contributed by atoms with Crippen LogP contribution in [0.5, 0.6) is 0 Å². The van der Waals surface area contributed by atoms with Crippen molar-refractivity contribution in [3.05, 3.63) is 22.5 Å². The number of rotatable bonds is 7. The number of aliphatic carboxylic acids is 1. The smallest absolute Gasteiger partial charge is 0.308 e. The normalized spacial score (nSPS) is 12.0. The molecule has 0 aliphatic carbocycles. The molecule has 0 aliphatic heterocycles. The third-order valence-corrected chi connectivity index (χ3v) is 3.51. The molecule has 1 heterocycles. The van der Waals surface area contributed by atoms with E-state index in [0.29, 0.717) is 28.9 Å². The Kier molecular flexibility index (Phi) is 5.69. The summed E-state index contributed by atoms with van der Waals surface area (Å²) < 4.78 is 0. The zero-order valence-electron chi connectivity index (χ0n) is 12.9. The molecule has 0 saturated heterocycles. The second kappa shape index (κ2) is 7.06. The predicted octanol–water partition coefficient (Wildman–Crippen LogP) is 2.06. The van der Waals surface area contributed by atoms with Gasteiger partial charge in [0, 0.05) is 17.8 Å². The van der Waals surface area contributed by atoms with E-state index in [4.69, 9.17) is 5.11 Å². The molecule has 6 heteroatoms. The summed E-state index contributed by atoms with van der Waals surface area (Å²) in [7, 11) is 0. The first-order valence-corrected chi connectivity index (χ1v) is 7.00. The van der Waals surface area contributed by atoms with E-state index < -0.39 is 11.9 Å². The molecule has 0 saturated carbocycles. The first-order chi connectivity index (χ1) is 9.79. The lowest BCUT2D eigenvalue weighted by Crippen LogP contribution is -2.33. The highest BCUT2D eigenvalue weighted by atomic mass is 16.4. The fourth-order valence-corrected chi connectivity index (χ4v) is 2.47. The number of hydrogen-bond donors (Lipinski definition) is 3. The van der Waals surface area contributed by atoms with Crippen molar-refractivity contribution in [2.75, 3.05) is 6.54 Å². The van der Waals surface area contributed by atoms with Crippen LogP contribution in [0.15, 0.2) is 0 Å². The molecule has 1 aromatic rings. The molecule has 1 amide bonds. The van der Waals surface area contributed by atoms with Gasteiger partial charge in [-0.1, -0.05) is 13.3 Å². The van der Waals surface area contributed by atoms with Crippen LogP contribution in [-0.2, 0) is 4.79 Å². The van der Waals surface area contributed by atoms with E-state index in [9.17, 15) is 14.4 Å². The molecule has 1 aromatic heterocycles. The molecule has 116 valence electrons. The molecule has 21 heavy (non-hydrogen) atoms. The first kappa shape index (κ1) is 16.9. The van der Waals surface area contributed by atoms with Crippen LogP contribution >= 0.6 is 0 Å². The molecule has 0 aliphatic rings. The van der Waals surface area contributed by atoms with Gasteiger partial charge in [0.15, 0.2) is 5.78 Å². The van der Waals surface area contributed by atoms with Gasteiger partial charge in [-0.3, -0.25) is 14.4 Å². The van der Waals surface area contributed by atoms with Crippen LogP contribution in [0, 0.1) is 19.8 Å². The van der Waals surface area contributed by atoms with Gasteiger partial charge in [-0.25, -0.2) is 0 Å². The van der Waals surface area contributed by atoms with Gasteiger partial charge in [-0.05, 0) is 32.8 Å². The molecular formula is C15H22N2O4. The molecule has 1 rings (SSSR count). The van der Waals surface area contributed by atoms with Crippen LogP contribution in [0.25, 0.3) is 0 Å². The highest BCUT2D eigenvalue weighted by Gasteiger charge is 2.22. The Morgan fingerprint density at radius 2 is 1.90 bits per heavy atom. The fourth-order valence-electron chi connectivity index (χ4n) is 2.47. The average Bonchev–Trinajstić information content (AvgIpc) is 2.69. The number of carboxylic acids is 1. The van der Waals surface area contributed by atoms with Crippen molar-refractivity contribution in [3.8, 4) is 0 Å². The third kappa shape index (κ3) is 3.93. The number of carboxylic acid groups (broad SMARTS) is 1. The van der Waals surface area contributed by atoms with Crippen molar-refractivity contribution in [2.24, 2.45) is 5.92 Å². The van der Waals surface area contributed by atoms with E-state index in [1.165, 1.54) is 6.92 Å². The van der Waals surface area contributed by atoms with Gasteiger partial charge in [0.2, 0.25) is 0 Å². The quantitative estimate of drug-likeness (QED) is 0.670. The van der Waals surface area contributed by atoms with Crippen molar-refractivity contribution >= 4 is 17.7 Å². The van der Waals surface area contributed by atoms with Crippen molar-refractivity contribution in [1.29, 1.82) is 0 Å². The summed E-state index contributed by atoms with van der Waals surface area (Å²) in [5, 5.41) is 11.7. The van der Waals surface area contributed by atoms with Gasteiger partial charge in [-0.15, -0.1) is 0 Å². The molecule has 0 radical (unpaired) electrons. The molecule has 0 fully saturated rings. The summed E-state index contributed by atoms with van der Waals surface area (Å²) in [6.07, 6.45) is 1.25. The van der Waals surface area contributed by atoms with Crippen molar-refractivity contribution in [3.63, 3.8) is 0 Å². The summed E-state index contributed by atoms with van der Waals surface area (Å²) in [4.78, 5) is 37.6. The molecule has 6 nitrogen and oxygen atoms in total. The largest absolute Gasteiger partial charge is 0.481 e. The van der Waals surface area contributed by atoms with Gasteiger partial charge in [-0.2, -0.15) is 0 Å². The Morgan fingerprint density at radius 1 is 1.29 bits per heavy atom. The Labute approximate surface area is 123 Å². The van der Waals surface area contributed by atoms with Crippen molar-refractivity contribution < 1.29 is 19.5 Å². The Balaban J connectivity index is 2.83. The van der Waals surface area contributed by atoms with E-state index in [1.807, 2.05) is 6.92 Å². The standard InChI is InChI=1S/C15H22N2O4/c1-5-6-11(15(20)21)7-16-14(19)13-8(2)12(10(4)18)9(3)17-13/h11,17H,5-7H2,1-4H3,(H,16,19)(H,20,21). The molecule has 0 bridgehead atoms. The molecule has 3 N–H and O–H groups in total. The number of H-pyrrole nitrogens is 1. The third-order valence-electron chi connectivity index (χ3n) is 3.51. The lowest BCUT2D eigenvalue weighted by atomic mass is 10.0. The van der Waals surface area contributed by atoms with Crippen LogP contribution in [-0.4, -0.2) is 34.3 Å². The number of nitrogens with one attached hydrogen (secondary N) is 2. The highest BCUT2D eigenvalue weighted by Crippen LogP contribution is 2.18. The topological polar surface area (TPSA) is 99.3 Å². The summed E-state index contributed by atoms with van der Waals surface area (Å²) in [6, 6.07) is 0. The van der Waals surface area contributed by atoms with E-state index in [2.05, 4.69) is 10.3 Å². The van der Waals surface area contributed by atoms with Crippen LogP contribution in [0.4, 0.5) is 0 Å². The van der Waals surface area contributed by atoms with Crippen LogP contribution in [0.2, 0.25) is 0 Å². The van der Waals surface area contributed by atoms with Gasteiger partial charge < -0.3 is 15.4 Å². The monoisotopic (exact) mass is 294 g/mol. The Hall–Kier alpha value is -2.11. The van der Waals surface area contributed by atoms with E-state index in [0.717, 1.165) is 6.42 Å². The maximum absolute atomic E-state index is 12.1. The fraction of sp³-hybridized carbons (Fsp3) is 0.533. The number of Topliss-reactive ketones (excluding diaryl/α,β-unsaturated/α-hetero) is 1. The second-order valence-electron chi connectivity index (χ2n) is 5.22. The molecule has 0 spiro atoms.